The van der Waals surface area contributed by atoms with Crippen molar-refractivity contribution in [2.45, 2.75) is 0 Å². The molecule has 0 aliphatic heterocycles. The first kappa shape index (κ1) is 12.7. The molecule has 20 heavy (non-hydrogen) atoms. The number of benzene rings is 2. The van der Waals surface area contributed by atoms with Crippen LogP contribution in [0.15, 0.2) is 36.4 Å². The summed E-state index contributed by atoms with van der Waals surface area (Å²) in [4.78, 5) is 4.54. The Balaban J connectivity index is 2.10. The first-order chi connectivity index (χ1) is 9.71. The molecule has 2 aromatic carbocycles. The fourth-order valence-corrected chi connectivity index (χ4v) is 2.99. The molecule has 1 N–H and O–H groups in total. The molecule has 0 aliphatic carbocycles. The molecule has 1 aromatic heterocycles. The highest BCUT2D eigenvalue weighted by Gasteiger charge is 2.11. The van der Waals surface area contributed by atoms with Gasteiger partial charge in [0.15, 0.2) is 0 Å². The van der Waals surface area contributed by atoms with Gasteiger partial charge in [0.2, 0.25) is 0 Å². The second-order valence-corrected chi connectivity index (χ2v) is 5.27. The summed E-state index contributed by atoms with van der Waals surface area (Å²) in [6.45, 7) is 0. The first-order valence-electron chi connectivity index (χ1n) is 6.03. The fraction of sp³-hybridized carbons (Fsp3) is 0.133. The van der Waals surface area contributed by atoms with Gasteiger partial charge in [0, 0.05) is 6.07 Å². The van der Waals surface area contributed by atoms with Gasteiger partial charge in [-0.15, -0.1) is 11.3 Å². The van der Waals surface area contributed by atoms with Crippen LogP contribution in [0.5, 0.6) is 17.2 Å². The highest BCUT2D eigenvalue weighted by atomic mass is 32.1. The number of hydrogen-bond donors (Lipinski definition) is 1. The van der Waals surface area contributed by atoms with Crippen LogP contribution in [-0.2, 0) is 0 Å². The van der Waals surface area contributed by atoms with E-state index in [1.807, 2.05) is 30.3 Å². The molecule has 102 valence electrons. The SMILES string of the molecule is COc1ccc(-c2nc3ccc(OC)cc3s2)c(O)c1. The molecule has 0 radical (unpaired) electrons. The minimum atomic E-state index is 0.162. The van der Waals surface area contributed by atoms with Gasteiger partial charge in [-0.05, 0) is 30.3 Å². The number of aromatic hydroxyl groups is 1. The molecule has 4 nitrogen and oxygen atoms in total. The van der Waals surface area contributed by atoms with Crippen LogP contribution in [0.25, 0.3) is 20.8 Å². The van der Waals surface area contributed by atoms with E-state index in [1.54, 1.807) is 20.3 Å². The fourth-order valence-electron chi connectivity index (χ4n) is 1.97. The van der Waals surface area contributed by atoms with Crippen LogP contribution in [0.2, 0.25) is 0 Å². The van der Waals surface area contributed by atoms with E-state index in [2.05, 4.69) is 4.98 Å². The van der Waals surface area contributed by atoms with Gasteiger partial charge in [-0.2, -0.15) is 0 Å². The normalized spacial score (nSPS) is 10.7. The third-order valence-corrected chi connectivity index (χ3v) is 4.08. The number of nitrogens with zero attached hydrogens (tertiary/aromatic N) is 1. The van der Waals surface area contributed by atoms with Gasteiger partial charge in [-0.25, -0.2) is 4.98 Å². The van der Waals surface area contributed by atoms with Crippen molar-refractivity contribution in [2.75, 3.05) is 14.2 Å². The van der Waals surface area contributed by atoms with Gasteiger partial charge in [0.1, 0.15) is 22.3 Å². The molecular formula is C15H13NO3S. The van der Waals surface area contributed by atoms with E-state index in [0.29, 0.717) is 11.3 Å². The lowest BCUT2D eigenvalue weighted by molar-refractivity contribution is 0.408. The van der Waals surface area contributed by atoms with E-state index in [9.17, 15) is 5.11 Å². The number of aromatic nitrogens is 1. The minimum absolute atomic E-state index is 0.162. The van der Waals surface area contributed by atoms with Crippen molar-refractivity contribution in [3.8, 4) is 27.8 Å². The van der Waals surface area contributed by atoms with Crippen LogP contribution >= 0.6 is 11.3 Å². The van der Waals surface area contributed by atoms with Crippen LogP contribution in [0.4, 0.5) is 0 Å². The van der Waals surface area contributed by atoms with Crippen molar-refractivity contribution in [2.24, 2.45) is 0 Å². The third kappa shape index (κ3) is 2.16. The van der Waals surface area contributed by atoms with Gasteiger partial charge in [0.05, 0.1) is 30.0 Å². The van der Waals surface area contributed by atoms with Crippen LogP contribution in [0.3, 0.4) is 0 Å². The molecule has 0 aliphatic rings. The lowest BCUT2D eigenvalue weighted by Crippen LogP contribution is -1.83. The predicted octanol–water partition coefficient (Wildman–Crippen LogP) is 3.69. The Hall–Kier alpha value is -2.27. The average molecular weight is 287 g/mol. The maximum atomic E-state index is 10.1. The molecule has 3 rings (SSSR count). The topological polar surface area (TPSA) is 51.6 Å². The van der Waals surface area contributed by atoms with Crippen LogP contribution in [0.1, 0.15) is 0 Å². The number of rotatable bonds is 3. The van der Waals surface area contributed by atoms with E-state index in [4.69, 9.17) is 9.47 Å². The summed E-state index contributed by atoms with van der Waals surface area (Å²) in [5.74, 6) is 1.58. The lowest BCUT2D eigenvalue weighted by atomic mass is 10.2. The predicted molar refractivity (Wildman–Crippen MR) is 79.8 cm³/mol. The van der Waals surface area contributed by atoms with E-state index < -0.39 is 0 Å². The first-order valence-corrected chi connectivity index (χ1v) is 6.85. The number of thiazole rings is 1. The van der Waals surface area contributed by atoms with Crippen molar-refractivity contribution in [1.82, 2.24) is 4.98 Å². The summed E-state index contributed by atoms with van der Waals surface area (Å²) in [5, 5.41) is 10.8. The number of hydrogen-bond acceptors (Lipinski definition) is 5. The number of methoxy groups -OCH3 is 2. The highest BCUT2D eigenvalue weighted by molar-refractivity contribution is 7.21. The van der Waals surface area contributed by atoms with Crippen molar-refractivity contribution in [3.63, 3.8) is 0 Å². The number of ether oxygens (including phenoxy) is 2. The number of phenolic OH excluding ortho intramolecular Hbond substituents is 1. The van der Waals surface area contributed by atoms with Crippen molar-refractivity contribution < 1.29 is 14.6 Å². The Kier molecular flexibility index (Phi) is 3.20. The van der Waals surface area contributed by atoms with Gasteiger partial charge in [0.25, 0.3) is 0 Å². The summed E-state index contributed by atoms with van der Waals surface area (Å²) in [6.07, 6.45) is 0. The minimum Gasteiger partial charge on any atom is -0.507 e. The molecule has 0 amide bonds. The van der Waals surface area contributed by atoms with Gasteiger partial charge < -0.3 is 14.6 Å². The Labute approximate surface area is 120 Å². The smallest absolute Gasteiger partial charge is 0.129 e. The van der Waals surface area contributed by atoms with Crippen LogP contribution < -0.4 is 9.47 Å². The van der Waals surface area contributed by atoms with Crippen molar-refractivity contribution in [3.05, 3.63) is 36.4 Å². The Morgan fingerprint density at radius 2 is 1.70 bits per heavy atom. The van der Waals surface area contributed by atoms with Gasteiger partial charge in [-0.1, -0.05) is 0 Å². The summed E-state index contributed by atoms with van der Waals surface area (Å²) >= 11 is 1.52. The molecule has 0 atom stereocenters. The van der Waals surface area contributed by atoms with E-state index in [0.717, 1.165) is 21.0 Å². The highest BCUT2D eigenvalue weighted by Crippen LogP contribution is 2.37. The Morgan fingerprint density at radius 3 is 2.40 bits per heavy atom. The molecular weight excluding hydrogens is 274 g/mol. The maximum Gasteiger partial charge on any atom is 0.129 e. The molecule has 0 spiro atoms. The van der Waals surface area contributed by atoms with Gasteiger partial charge in [-0.3, -0.25) is 0 Å². The summed E-state index contributed by atoms with van der Waals surface area (Å²) < 4.78 is 11.3. The van der Waals surface area contributed by atoms with E-state index in [-0.39, 0.29) is 5.75 Å². The zero-order chi connectivity index (χ0) is 14.1. The van der Waals surface area contributed by atoms with Gasteiger partial charge >= 0.3 is 0 Å². The summed E-state index contributed by atoms with van der Waals surface area (Å²) in [6, 6.07) is 10.9. The van der Waals surface area contributed by atoms with Crippen LogP contribution in [-0.4, -0.2) is 24.3 Å². The second-order valence-electron chi connectivity index (χ2n) is 4.24. The number of fused-ring (bicyclic) bond motifs is 1. The Morgan fingerprint density at radius 1 is 1.00 bits per heavy atom. The average Bonchev–Trinajstić information content (AvgIpc) is 2.89. The molecule has 0 saturated carbocycles. The molecule has 3 aromatic rings. The molecule has 5 heteroatoms. The maximum absolute atomic E-state index is 10.1. The van der Waals surface area contributed by atoms with E-state index >= 15 is 0 Å². The standard InChI is InChI=1S/C15H13NO3S/c1-18-9-3-5-11(13(17)7-9)15-16-12-6-4-10(19-2)8-14(12)20-15/h3-8,17H,1-2H3. The van der Waals surface area contributed by atoms with E-state index in [1.165, 1.54) is 11.3 Å². The lowest BCUT2D eigenvalue weighted by Gasteiger charge is -2.03. The zero-order valence-electron chi connectivity index (χ0n) is 11.1. The number of phenols is 1. The molecule has 1 heterocycles. The molecule has 0 saturated heterocycles. The summed E-state index contributed by atoms with van der Waals surface area (Å²) in [5.41, 5.74) is 1.59. The molecule has 0 bridgehead atoms. The largest absolute Gasteiger partial charge is 0.507 e. The molecule has 0 fully saturated rings. The van der Waals surface area contributed by atoms with Crippen molar-refractivity contribution >= 4 is 21.6 Å². The van der Waals surface area contributed by atoms with Crippen molar-refractivity contribution in [1.29, 1.82) is 0 Å². The molecule has 0 unspecified atom stereocenters. The summed E-state index contributed by atoms with van der Waals surface area (Å²) in [7, 11) is 3.21. The quantitative estimate of drug-likeness (QED) is 0.798. The monoisotopic (exact) mass is 287 g/mol. The van der Waals surface area contributed by atoms with Crippen LogP contribution in [0, 0.1) is 0 Å². The third-order valence-electron chi connectivity index (χ3n) is 3.03. The zero-order valence-corrected chi connectivity index (χ0v) is 11.9. The second kappa shape index (κ2) is 5.02. The Bertz CT molecular complexity index is 767.